The number of pyridine rings is 1. The van der Waals surface area contributed by atoms with Crippen LogP contribution in [0.15, 0.2) is 41.7 Å². The van der Waals surface area contributed by atoms with Gasteiger partial charge in [0, 0.05) is 50.7 Å². The molecule has 0 radical (unpaired) electrons. The summed E-state index contributed by atoms with van der Waals surface area (Å²) in [4.78, 5) is 17.1. The number of carbonyl (C=O) groups excluding carboxylic acids is 1. The smallest absolute Gasteiger partial charge is 0.246 e. The van der Waals surface area contributed by atoms with E-state index in [1.54, 1.807) is 13.2 Å². The first-order chi connectivity index (χ1) is 12.9. The van der Waals surface area contributed by atoms with Gasteiger partial charge in [0.2, 0.25) is 15.9 Å². The lowest BCUT2D eigenvalue weighted by Crippen LogP contribution is -2.47. The Morgan fingerprint density at radius 1 is 1.41 bits per heavy atom. The van der Waals surface area contributed by atoms with Gasteiger partial charge in [0.15, 0.2) is 0 Å². The van der Waals surface area contributed by atoms with Crippen molar-refractivity contribution in [2.24, 2.45) is 13.0 Å². The molecule has 3 heterocycles. The summed E-state index contributed by atoms with van der Waals surface area (Å²) in [5.41, 5.74) is 0.912. The molecule has 0 bridgehead atoms. The van der Waals surface area contributed by atoms with Crippen LogP contribution in [0, 0.1) is 5.92 Å². The maximum atomic E-state index is 12.8. The molecule has 1 aliphatic rings. The SMILES string of the molecule is C[C@@H](Cc1ccccn1)NC(=O)[C@H]1CCCN(S(=O)(=O)c2cnn(C)c2)C1. The van der Waals surface area contributed by atoms with Gasteiger partial charge in [-0.2, -0.15) is 9.40 Å². The normalized spacial score (nSPS) is 19.6. The summed E-state index contributed by atoms with van der Waals surface area (Å²) in [6.07, 6.45) is 6.53. The minimum Gasteiger partial charge on any atom is -0.353 e. The van der Waals surface area contributed by atoms with Gasteiger partial charge < -0.3 is 5.32 Å². The van der Waals surface area contributed by atoms with Crippen molar-refractivity contribution in [3.63, 3.8) is 0 Å². The number of aryl methyl sites for hydroxylation is 1. The molecule has 0 aromatic carbocycles. The average molecular weight is 391 g/mol. The molecule has 0 aliphatic carbocycles. The third-order valence-electron chi connectivity index (χ3n) is 4.70. The van der Waals surface area contributed by atoms with Gasteiger partial charge in [-0.15, -0.1) is 0 Å². The number of hydrogen-bond acceptors (Lipinski definition) is 5. The topological polar surface area (TPSA) is 97.2 Å². The quantitative estimate of drug-likeness (QED) is 0.791. The van der Waals surface area contributed by atoms with Crippen LogP contribution in [0.2, 0.25) is 0 Å². The molecule has 2 atom stereocenters. The van der Waals surface area contributed by atoms with E-state index in [4.69, 9.17) is 0 Å². The number of rotatable bonds is 6. The molecule has 0 saturated carbocycles. The maximum absolute atomic E-state index is 12.8. The zero-order valence-electron chi connectivity index (χ0n) is 15.6. The monoisotopic (exact) mass is 391 g/mol. The van der Waals surface area contributed by atoms with Crippen LogP contribution in [-0.2, 0) is 28.3 Å². The lowest BCUT2D eigenvalue weighted by Gasteiger charge is -2.31. The van der Waals surface area contributed by atoms with Gasteiger partial charge in [0.05, 0.1) is 12.1 Å². The van der Waals surface area contributed by atoms with Crippen LogP contribution in [0.4, 0.5) is 0 Å². The number of carbonyl (C=O) groups is 1. The van der Waals surface area contributed by atoms with Crippen molar-refractivity contribution in [2.45, 2.75) is 37.1 Å². The summed E-state index contributed by atoms with van der Waals surface area (Å²) in [6.45, 7) is 2.55. The Morgan fingerprint density at radius 3 is 2.89 bits per heavy atom. The Bertz CT molecular complexity index is 881. The molecule has 146 valence electrons. The summed E-state index contributed by atoms with van der Waals surface area (Å²) >= 11 is 0. The molecule has 3 rings (SSSR count). The van der Waals surface area contributed by atoms with Crippen molar-refractivity contribution in [3.05, 3.63) is 42.5 Å². The molecular formula is C18H25N5O3S. The zero-order chi connectivity index (χ0) is 19.4. The Morgan fingerprint density at radius 2 is 2.22 bits per heavy atom. The van der Waals surface area contributed by atoms with Gasteiger partial charge in [0.25, 0.3) is 0 Å². The van der Waals surface area contributed by atoms with Gasteiger partial charge in [-0.1, -0.05) is 6.07 Å². The third kappa shape index (κ3) is 4.72. The minimum absolute atomic E-state index is 0.0716. The van der Waals surface area contributed by atoms with E-state index in [-0.39, 0.29) is 29.3 Å². The van der Waals surface area contributed by atoms with Crippen molar-refractivity contribution in [1.82, 2.24) is 24.4 Å². The van der Waals surface area contributed by atoms with Crippen molar-refractivity contribution in [2.75, 3.05) is 13.1 Å². The van der Waals surface area contributed by atoms with Gasteiger partial charge in [-0.05, 0) is 31.9 Å². The van der Waals surface area contributed by atoms with E-state index in [0.717, 1.165) is 5.69 Å². The average Bonchev–Trinajstić information content (AvgIpc) is 3.10. The van der Waals surface area contributed by atoms with Crippen LogP contribution in [0.5, 0.6) is 0 Å². The molecule has 1 fully saturated rings. The van der Waals surface area contributed by atoms with Crippen LogP contribution in [0.25, 0.3) is 0 Å². The van der Waals surface area contributed by atoms with E-state index in [1.165, 1.54) is 21.4 Å². The number of aromatic nitrogens is 3. The highest BCUT2D eigenvalue weighted by molar-refractivity contribution is 7.89. The molecular weight excluding hydrogens is 366 g/mol. The lowest BCUT2D eigenvalue weighted by atomic mass is 9.98. The largest absolute Gasteiger partial charge is 0.353 e. The van der Waals surface area contributed by atoms with Crippen LogP contribution in [0.1, 0.15) is 25.5 Å². The van der Waals surface area contributed by atoms with E-state index in [0.29, 0.717) is 25.8 Å². The van der Waals surface area contributed by atoms with E-state index >= 15 is 0 Å². The third-order valence-corrected chi connectivity index (χ3v) is 6.52. The Labute approximate surface area is 159 Å². The Kier molecular flexibility index (Phi) is 5.91. The lowest BCUT2D eigenvalue weighted by molar-refractivity contribution is -0.126. The van der Waals surface area contributed by atoms with Crippen molar-refractivity contribution < 1.29 is 13.2 Å². The number of sulfonamides is 1. The van der Waals surface area contributed by atoms with E-state index in [2.05, 4.69) is 15.4 Å². The Balaban J connectivity index is 1.61. The first-order valence-corrected chi connectivity index (χ1v) is 10.5. The van der Waals surface area contributed by atoms with Crippen molar-refractivity contribution in [1.29, 1.82) is 0 Å². The minimum atomic E-state index is -3.62. The number of amides is 1. The Hall–Kier alpha value is -2.26. The fraction of sp³-hybridized carbons (Fsp3) is 0.500. The summed E-state index contributed by atoms with van der Waals surface area (Å²) < 4.78 is 28.4. The number of nitrogens with zero attached hydrogens (tertiary/aromatic N) is 4. The molecule has 0 unspecified atom stereocenters. The standard InChI is InChI=1S/C18H25N5O3S/c1-14(10-16-7-3-4-8-19-16)21-18(24)15-6-5-9-23(12-15)27(25,26)17-11-20-22(2)13-17/h3-4,7-8,11,13-15H,5-6,9-10,12H2,1-2H3,(H,21,24)/t14-,15-/m0/s1. The number of hydrogen-bond donors (Lipinski definition) is 1. The molecule has 1 aliphatic heterocycles. The van der Waals surface area contributed by atoms with Crippen molar-refractivity contribution >= 4 is 15.9 Å². The second-order valence-corrected chi connectivity index (χ2v) is 8.92. The van der Waals surface area contributed by atoms with Crippen LogP contribution >= 0.6 is 0 Å². The highest BCUT2D eigenvalue weighted by Crippen LogP contribution is 2.23. The highest BCUT2D eigenvalue weighted by Gasteiger charge is 2.34. The van der Waals surface area contributed by atoms with Gasteiger partial charge in [-0.3, -0.25) is 14.5 Å². The first-order valence-electron chi connectivity index (χ1n) is 9.05. The number of piperidine rings is 1. The highest BCUT2D eigenvalue weighted by atomic mass is 32.2. The second-order valence-electron chi connectivity index (χ2n) is 6.99. The molecule has 0 spiro atoms. The number of nitrogens with one attached hydrogen (secondary N) is 1. The summed E-state index contributed by atoms with van der Waals surface area (Å²) in [6, 6.07) is 5.62. The van der Waals surface area contributed by atoms with Crippen LogP contribution in [0.3, 0.4) is 0 Å². The summed E-state index contributed by atoms with van der Waals surface area (Å²) in [5.74, 6) is -0.458. The molecule has 9 heteroatoms. The molecule has 2 aromatic heterocycles. The maximum Gasteiger partial charge on any atom is 0.246 e. The fourth-order valence-electron chi connectivity index (χ4n) is 3.30. The zero-order valence-corrected chi connectivity index (χ0v) is 16.4. The summed E-state index contributed by atoms with van der Waals surface area (Å²) in [7, 11) is -1.95. The van der Waals surface area contributed by atoms with Gasteiger partial charge in [0.1, 0.15) is 4.90 Å². The predicted molar refractivity (Wildman–Crippen MR) is 100 cm³/mol. The molecule has 27 heavy (non-hydrogen) atoms. The van der Waals surface area contributed by atoms with Crippen molar-refractivity contribution in [3.8, 4) is 0 Å². The van der Waals surface area contributed by atoms with Crippen LogP contribution in [-0.4, -0.2) is 52.5 Å². The van der Waals surface area contributed by atoms with Gasteiger partial charge >= 0.3 is 0 Å². The molecule has 1 N–H and O–H groups in total. The molecule has 8 nitrogen and oxygen atoms in total. The summed E-state index contributed by atoms with van der Waals surface area (Å²) in [5, 5.41) is 6.93. The molecule has 1 saturated heterocycles. The predicted octanol–water partition coefficient (Wildman–Crippen LogP) is 0.963. The molecule has 1 amide bonds. The molecule has 2 aromatic rings. The fourth-order valence-corrected chi connectivity index (χ4v) is 4.81. The van der Waals surface area contributed by atoms with E-state index in [1.807, 2.05) is 25.1 Å². The first kappa shape index (κ1) is 19.5. The second kappa shape index (κ2) is 8.18. The van der Waals surface area contributed by atoms with Crippen LogP contribution < -0.4 is 5.32 Å². The van der Waals surface area contributed by atoms with Gasteiger partial charge in [-0.25, -0.2) is 8.42 Å². The van der Waals surface area contributed by atoms with E-state index in [9.17, 15) is 13.2 Å². The van der Waals surface area contributed by atoms with E-state index < -0.39 is 10.0 Å².